The molecule has 3 rings (SSSR count). The summed E-state index contributed by atoms with van der Waals surface area (Å²) in [5.41, 5.74) is 0.994. The number of ether oxygens (including phenoxy) is 2. The molecule has 3 aromatic rings. The number of halogens is 4. The molecule has 162 valence electrons. The first kappa shape index (κ1) is 22.8. The predicted octanol–water partition coefficient (Wildman–Crippen LogP) is 5.65. The van der Waals surface area contributed by atoms with Gasteiger partial charge in [-0.05, 0) is 24.1 Å². The maximum absolute atomic E-state index is 12.9. The van der Waals surface area contributed by atoms with Gasteiger partial charge in [-0.3, -0.25) is 9.59 Å². The lowest BCUT2D eigenvalue weighted by atomic mass is 10.0. The monoisotopic (exact) mass is 469 g/mol. The molecule has 0 bridgehead atoms. The molecule has 31 heavy (non-hydrogen) atoms. The summed E-state index contributed by atoms with van der Waals surface area (Å²) in [6.45, 7) is 1.63. The van der Waals surface area contributed by atoms with Crippen LogP contribution in [0.15, 0.2) is 47.8 Å². The van der Waals surface area contributed by atoms with E-state index in [9.17, 15) is 22.8 Å². The van der Waals surface area contributed by atoms with Crippen LogP contribution in [-0.2, 0) is 11.2 Å². The smallest absolute Gasteiger partial charge is 0.421 e. The maximum Gasteiger partial charge on any atom is 0.573 e. The number of hydrogen-bond donors (Lipinski definition) is 0. The summed E-state index contributed by atoms with van der Waals surface area (Å²) in [6.07, 6.45) is -4.89. The highest BCUT2D eigenvalue weighted by molar-refractivity contribution is 7.13. The molecule has 0 unspecified atom stereocenters. The molecule has 0 amide bonds. The molecular formula is C21H15ClF3NO4S. The Labute approximate surface area is 184 Å². The van der Waals surface area contributed by atoms with Crippen molar-refractivity contribution in [2.75, 3.05) is 5.88 Å². The Bertz CT molecular complexity index is 1100. The molecule has 0 saturated carbocycles. The van der Waals surface area contributed by atoms with Gasteiger partial charge in [0.05, 0.1) is 0 Å². The lowest BCUT2D eigenvalue weighted by Gasteiger charge is -2.17. The molecule has 0 N–H and O–H groups in total. The minimum atomic E-state index is -5.06. The Morgan fingerprint density at radius 3 is 2.48 bits per heavy atom. The second-order valence-corrected chi connectivity index (χ2v) is 7.33. The number of benzene rings is 2. The zero-order valence-corrected chi connectivity index (χ0v) is 17.6. The van der Waals surface area contributed by atoms with Crippen molar-refractivity contribution in [1.29, 1.82) is 0 Å². The Morgan fingerprint density at radius 2 is 1.87 bits per heavy atom. The van der Waals surface area contributed by atoms with Crippen molar-refractivity contribution >= 4 is 34.7 Å². The van der Waals surface area contributed by atoms with Crippen LogP contribution in [0.5, 0.6) is 11.5 Å². The second kappa shape index (κ2) is 9.49. The Hall–Kier alpha value is -2.91. The van der Waals surface area contributed by atoms with Gasteiger partial charge in [-0.2, -0.15) is 0 Å². The molecule has 10 heteroatoms. The summed E-state index contributed by atoms with van der Waals surface area (Å²) in [4.78, 5) is 28.8. The average molecular weight is 470 g/mol. The van der Waals surface area contributed by atoms with Crippen LogP contribution in [0.2, 0.25) is 0 Å². The van der Waals surface area contributed by atoms with Crippen molar-refractivity contribution in [1.82, 2.24) is 4.98 Å². The molecule has 0 aliphatic carbocycles. The number of esters is 1. The van der Waals surface area contributed by atoms with Gasteiger partial charge in [0.25, 0.3) is 0 Å². The maximum atomic E-state index is 12.9. The fourth-order valence-electron chi connectivity index (χ4n) is 2.75. The van der Waals surface area contributed by atoms with E-state index >= 15 is 0 Å². The molecule has 0 atom stereocenters. The second-order valence-electron chi connectivity index (χ2n) is 6.20. The standard InChI is InChI=1S/C21H15ClF3NO4S/c1-2-12-8-14(9-16(30-21(23,24)25)19(12)29-17(27)10-22)18(28)15-11-31-20(26-15)13-6-4-3-5-7-13/h3-9,11H,2,10H2,1H3. The highest BCUT2D eigenvalue weighted by Gasteiger charge is 2.34. The van der Waals surface area contributed by atoms with Gasteiger partial charge in [-0.15, -0.1) is 36.1 Å². The number of hydrogen-bond acceptors (Lipinski definition) is 6. The fraction of sp³-hybridized carbons (Fsp3) is 0.190. The van der Waals surface area contributed by atoms with E-state index in [2.05, 4.69) is 9.72 Å². The van der Waals surface area contributed by atoms with Gasteiger partial charge in [0.1, 0.15) is 16.6 Å². The van der Waals surface area contributed by atoms with E-state index in [1.807, 2.05) is 30.3 Å². The van der Waals surface area contributed by atoms with E-state index in [-0.39, 0.29) is 23.2 Å². The van der Waals surface area contributed by atoms with Gasteiger partial charge < -0.3 is 9.47 Å². The van der Waals surface area contributed by atoms with Gasteiger partial charge in [-0.1, -0.05) is 37.3 Å². The van der Waals surface area contributed by atoms with Gasteiger partial charge >= 0.3 is 12.3 Å². The topological polar surface area (TPSA) is 65.5 Å². The SMILES string of the molecule is CCc1cc(C(=O)c2csc(-c3ccccc3)n2)cc(OC(F)(F)F)c1OC(=O)CCl. The number of alkyl halides is 4. The molecule has 0 fully saturated rings. The zero-order valence-electron chi connectivity index (χ0n) is 16.0. The number of aryl methyl sites for hydroxylation is 1. The van der Waals surface area contributed by atoms with Gasteiger partial charge in [0, 0.05) is 16.5 Å². The number of rotatable bonds is 7. The van der Waals surface area contributed by atoms with E-state index < -0.39 is 35.5 Å². The summed E-state index contributed by atoms with van der Waals surface area (Å²) in [5, 5.41) is 2.13. The molecule has 1 aromatic heterocycles. The minimum Gasteiger partial charge on any atom is -0.421 e. The van der Waals surface area contributed by atoms with Crippen LogP contribution in [-0.4, -0.2) is 29.0 Å². The van der Waals surface area contributed by atoms with Crippen molar-refractivity contribution in [2.45, 2.75) is 19.7 Å². The van der Waals surface area contributed by atoms with Crippen LogP contribution in [0, 0.1) is 0 Å². The first-order valence-electron chi connectivity index (χ1n) is 8.96. The minimum absolute atomic E-state index is 0.0771. The van der Waals surface area contributed by atoms with E-state index in [1.165, 1.54) is 22.8 Å². The van der Waals surface area contributed by atoms with Crippen LogP contribution >= 0.6 is 22.9 Å². The average Bonchev–Trinajstić information content (AvgIpc) is 3.24. The fourth-order valence-corrected chi connectivity index (χ4v) is 3.61. The van der Waals surface area contributed by atoms with Crippen LogP contribution in [0.3, 0.4) is 0 Å². The van der Waals surface area contributed by atoms with Crippen LogP contribution in [0.4, 0.5) is 13.2 Å². The quantitative estimate of drug-likeness (QED) is 0.194. The summed E-state index contributed by atoms with van der Waals surface area (Å²) >= 11 is 6.64. The van der Waals surface area contributed by atoms with Crippen LogP contribution in [0.25, 0.3) is 10.6 Å². The van der Waals surface area contributed by atoms with Crippen molar-refractivity contribution in [3.63, 3.8) is 0 Å². The van der Waals surface area contributed by atoms with E-state index in [0.29, 0.717) is 5.01 Å². The summed E-state index contributed by atoms with van der Waals surface area (Å²) in [5.74, 6) is -3.32. The summed E-state index contributed by atoms with van der Waals surface area (Å²) in [6, 6.07) is 11.4. The lowest BCUT2D eigenvalue weighted by Crippen LogP contribution is -2.20. The van der Waals surface area contributed by atoms with E-state index in [4.69, 9.17) is 16.3 Å². The van der Waals surface area contributed by atoms with E-state index in [1.54, 1.807) is 6.92 Å². The van der Waals surface area contributed by atoms with E-state index in [0.717, 1.165) is 11.6 Å². The normalized spacial score (nSPS) is 11.3. The van der Waals surface area contributed by atoms with Crippen molar-refractivity contribution in [2.24, 2.45) is 0 Å². The molecule has 1 heterocycles. The lowest BCUT2D eigenvalue weighted by molar-refractivity contribution is -0.275. The van der Waals surface area contributed by atoms with Crippen LogP contribution in [0.1, 0.15) is 28.5 Å². The zero-order chi connectivity index (χ0) is 22.6. The Morgan fingerprint density at radius 1 is 1.16 bits per heavy atom. The summed E-state index contributed by atoms with van der Waals surface area (Å²) in [7, 11) is 0. The number of carbonyl (C=O) groups is 2. The van der Waals surface area contributed by atoms with Gasteiger partial charge in [0.15, 0.2) is 11.5 Å². The highest BCUT2D eigenvalue weighted by Crippen LogP contribution is 2.38. The molecule has 0 aliphatic rings. The van der Waals surface area contributed by atoms with Gasteiger partial charge in [0.2, 0.25) is 5.78 Å². The largest absolute Gasteiger partial charge is 0.573 e. The third kappa shape index (κ3) is 5.62. The predicted molar refractivity (Wildman–Crippen MR) is 110 cm³/mol. The van der Waals surface area contributed by atoms with Crippen molar-refractivity contribution < 1.29 is 32.2 Å². The number of ketones is 1. The number of aromatic nitrogens is 1. The molecule has 0 spiro atoms. The third-order valence-electron chi connectivity index (χ3n) is 4.08. The van der Waals surface area contributed by atoms with Gasteiger partial charge in [-0.25, -0.2) is 4.98 Å². The molecule has 0 radical (unpaired) electrons. The first-order valence-corrected chi connectivity index (χ1v) is 10.4. The number of thiazole rings is 1. The summed E-state index contributed by atoms with van der Waals surface area (Å²) < 4.78 is 47.8. The first-order chi connectivity index (χ1) is 14.7. The molecule has 0 saturated heterocycles. The third-order valence-corrected chi connectivity index (χ3v) is 5.19. The number of carbonyl (C=O) groups excluding carboxylic acids is 2. The van der Waals surface area contributed by atoms with Crippen LogP contribution < -0.4 is 9.47 Å². The molecular weight excluding hydrogens is 455 g/mol. The highest BCUT2D eigenvalue weighted by atomic mass is 35.5. The van der Waals surface area contributed by atoms with Crippen molar-refractivity contribution in [3.8, 4) is 22.1 Å². The molecule has 5 nitrogen and oxygen atoms in total. The van der Waals surface area contributed by atoms with Crippen molar-refractivity contribution in [3.05, 3.63) is 64.7 Å². The Balaban J connectivity index is 2.02. The molecule has 0 aliphatic heterocycles. The Kier molecular flexibility index (Phi) is 6.97. The number of nitrogens with zero attached hydrogens (tertiary/aromatic N) is 1. The molecule has 2 aromatic carbocycles.